The first-order valence-electron chi connectivity index (χ1n) is 10.9. The van der Waals surface area contributed by atoms with Gasteiger partial charge in [-0.3, -0.25) is 14.4 Å². The predicted octanol–water partition coefficient (Wildman–Crippen LogP) is 4.14. The third kappa shape index (κ3) is 6.28. The monoisotopic (exact) mass is 452 g/mol. The standard InChI is InChI=1S/C26H32N2O5/c1-7-26(4,5)27(6)24(31)22(29)15-23(30)28(16-19-9-8-17(2)18(3)14-19)21-12-10-20(11-13-21)25(32)33/h8-14H,7,15-16H2,1-6H3,(H,32,33). The third-order valence-corrected chi connectivity index (χ3v) is 6.27. The fourth-order valence-electron chi connectivity index (χ4n) is 3.20. The lowest BCUT2D eigenvalue weighted by molar-refractivity contribution is -0.148. The highest BCUT2D eigenvalue weighted by atomic mass is 16.4. The summed E-state index contributed by atoms with van der Waals surface area (Å²) < 4.78 is 0. The lowest BCUT2D eigenvalue weighted by Crippen LogP contribution is -2.48. The number of carbonyl (C=O) groups is 4. The Morgan fingerprint density at radius 1 is 0.939 bits per heavy atom. The van der Waals surface area contributed by atoms with Gasteiger partial charge in [-0.05, 0) is 75.1 Å². The SMILES string of the molecule is CCC(C)(C)N(C)C(=O)C(=O)CC(=O)N(Cc1ccc(C)c(C)c1)c1ccc(C(=O)O)cc1. The van der Waals surface area contributed by atoms with Gasteiger partial charge in [0.25, 0.3) is 5.91 Å². The van der Waals surface area contributed by atoms with Gasteiger partial charge in [0.15, 0.2) is 0 Å². The van der Waals surface area contributed by atoms with Crippen LogP contribution in [0.3, 0.4) is 0 Å². The number of aromatic carboxylic acids is 1. The summed E-state index contributed by atoms with van der Waals surface area (Å²) in [6.45, 7) is 9.78. The van der Waals surface area contributed by atoms with E-state index in [9.17, 15) is 19.2 Å². The van der Waals surface area contributed by atoms with Crippen molar-refractivity contribution in [3.63, 3.8) is 0 Å². The first-order valence-corrected chi connectivity index (χ1v) is 10.9. The lowest BCUT2D eigenvalue weighted by Gasteiger charge is -2.34. The summed E-state index contributed by atoms with van der Waals surface area (Å²) in [7, 11) is 1.56. The summed E-state index contributed by atoms with van der Waals surface area (Å²) in [5, 5.41) is 9.17. The molecule has 0 heterocycles. The van der Waals surface area contributed by atoms with Crippen molar-refractivity contribution >= 4 is 29.3 Å². The van der Waals surface area contributed by atoms with Gasteiger partial charge in [0, 0.05) is 18.3 Å². The normalized spacial score (nSPS) is 11.1. The maximum atomic E-state index is 13.2. The smallest absolute Gasteiger partial charge is 0.335 e. The summed E-state index contributed by atoms with van der Waals surface area (Å²) in [5.41, 5.74) is 3.07. The molecule has 1 N–H and O–H groups in total. The number of hydrogen-bond acceptors (Lipinski definition) is 4. The highest BCUT2D eigenvalue weighted by molar-refractivity contribution is 6.39. The van der Waals surface area contributed by atoms with Gasteiger partial charge in [-0.15, -0.1) is 0 Å². The van der Waals surface area contributed by atoms with E-state index in [1.54, 1.807) is 7.05 Å². The van der Waals surface area contributed by atoms with Crippen molar-refractivity contribution in [2.45, 2.75) is 59.5 Å². The summed E-state index contributed by atoms with van der Waals surface area (Å²) in [6, 6.07) is 11.7. The molecule has 0 aliphatic rings. The topological polar surface area (TPSA) is 95.0 Å². The van der Waals surface area contributed by atoms with Crippen LogP contribution >= 0.6 is 0 Å². The largest absolute Gasteiger partial charge is 0.478 e. The number of carbonyl (C=O) groups excluding carboxylic acids is 3. The van der Waals surface area contributed by atoms with Gasteiger partial charge in [-0.2, -0.15) is 0 Å². The number of rotatable bonds is 9. The number of Topliss-reactive ketones (excluding diaryl/α,β-unsaturated/α-hetero) is 1. The Morgan fingerprint density at radius 3 is 2.06 bits per heavy atom. The van der Waals surface area contributed by atoms with E-state index in [1.807, 2.05) is 52.8 Å². The quantitative estimate of drug-likeness (QED) is 0.456. The Bertz CT molecular complexity index is 1060. The van der Waals surface area contributed by atoms with Crippen molar-refractivity contribution in [3.05, 3.63) is 64.7 Å². The Kier molecular flexibility index (Phi) is 8.14. The number of carboxylic acids is 1. The Hall–Kier alpha value is -3.48. The number of carboxylic acid groups (broad SMARTS) is 1. The number of aryl methyl sites for hydroxylation is 2. The number of anilines is 1. The number of hydrogen-bond donors (Lipinski definition) is 1. The number of ketones is 1. The molecule has 0 aliphatic heterocycles. The molecule has 0 saturated heterocycles. The summed E-state index contributed by atoms with van der Waals surface area (Å²) >= 11 is 0. The second kappa shape index (κ2) is 10.4. The lowest BCUT2D eigenvalue weighted by atomic mass is 9.99. The van der Waals surface area contributed by atoms with Gasteiger partial charge in [0.1, 0.15) is 0 Å². The first kappa shape index (κ1) is 25.8. The van der Waals surface area contributed by atoms with Crippen LogP contribution in [0.15, 0.2) is 42.5 Å². The van der Waals surface area contributed by atoms with Crippen LogP contribution in [0.4, 0.5) is 5.69 Å². The zero-order valence-electron chi connectivity index (χ0n) is 20.1. The molecular formula is C26H32N2O5. The van der Waals surface area contributed by atoms with Gasteiger partial charge in [0.05, 0.1) is 18.5 Å². The molecule has 0 atom stereocenters. The minimum absolute atomic E-state index is 0.0898. The highest BCUT2D eigenvalue weighted by Gasteiger charge is 2.32. The molecule has 7 heteroatoms. The first-order chi connectivity index (χ1) is 15.4. The molecule has 0 radical (unpaired) electrons. The van der Waals surface area contributed by atoms with Crippen LogP contribution in [-0.2, 0) is 20.9 Å². The highest BCUT2D eigenvalue weighted by Crippen LogP contribution is 2.22. The number of amides is 2. The van der Waals surface area contributed by atoms with Gasteiger partial charge < -0.3 is 14.9 Å². The molecule has 0 fully saturated rings. The molecule has 33 heavy (non-hydrogen) atoms. The second-order valence-electron chi connectivity index (χ2n) is 8.88. The zero-order chi connectivity index (χ0) is 24.9. The molecule has 0 bridgehead atoms. The number of benzene rings is 2. The average molecular weight is 453 g/mol. The van der Waals surface area contributed by atoms with E-state index in [4.69, 9.17) is 5.11 Å². The molecule has 176 valence electrons. The summed E-state index contributed by atoms with van der Waals surface area (Å²) in [6.07, 6.45) is 0.0831. The van der Waals surface area contributed by atoms with E-state index in [0.717, 1.165) is 16.7 Å². The van der Waals surface area contributed by atoms with E-state index in [1.165, 1.54) is 34.1 Å². The zero-order valence-corrected chi connectivity index (χ0v) is 20.1. The Labute approximate surface area is 195 Å². The number of likely N-dealkylation sites (N-methyl/N-ethyl adjacent to an activating group) is 1. The molecule has 2 aromatic carbocycles. The fraction of sp³-hybridized carbons (Fsp3) is 0.385. The van der Waals surface area contributed by atoms with Crippen LogP contribution < -0.4 is 4.90 Å². The molecular weight excluding hydrogens is 420 g/mol. The van der Waals surface area contributed by atoms with E-state index < -0.39 is 35.5 Å². The maximum absolute atomic E-state index is 13.2. The van der Waals surface area contributed by atoms with Crippen LogP contribution in [0, 0.1) is 13.8 Å². The molecule has 0 spiro atoms. The van der Waals surface area contributed by atoms with Crippen molar-refractivity contribution in [1.82, 2.24) is 4.90 Å². The van der Waals surface area contributed by atoms with Crippen LogP contribution in [0.2, 0.25) is 0 Å². The molecule has 0 unspecified atom stereocenters. The van der Waals surface area contributed by atoms with E-state index in [-0.39, 0.29) is 12.1 Å². The van der Waals surface area contributed by atoms with Crippen molar-refractivity contribution in [1.29, 1.82) is 0 Å². The van der Waals surface area contributed by atoms with E-state index in [0.29, 0.717) is 12.1 Å². The third-order valence-electron chi connectivity index (χ3n) is 6.27. The molecule has 2 aromatic rings. The minimum atomic E-state index is -1.07. The number of nitrogens with zero attached hydrogens (tertiary/aromatic N) is 2. The van der Waals surface area contributed by atoms with E-state index >= 15 is 0 Å². The van der Waals surface area contributed by atoms with Crippen molar-refractivity contribution in [2.24, 2.45) is 0 Å². The summed E-state index contributed by atoms with van der Waals surface area (Å²) in [4.78, 5) is 52.5. The molecule has 0 aliphatic carbocycles. The molecule has 2 rings (SSSR count). The Morgan fingerprint density at radius 2 is 1.55 bits per heavy atom. The van der Waals surface area contributed by atoms with Crippen molar-refractivity contribution in [2.75, 3.05) is 11.9 Å². The van der Waals surface area contributed by atoms with Gasteiger partial charge in [0.2, 0.25) is 11.7 Å². The van der Waals surface area contributed by atoms with Gasteiger partial charge in [-0.25, -0.2) is 4.79 Å². The fourth-order valence-corrected chi connectivity index (χ4v) is 3.20. The average Bonchev–Trinajstić information content (AvgIpc) is 2.78. The molecule has 2 amide bonds. The van der Waals surface area contributed by atoms with Gasteiger partial charge in [-0.1, -0.05) is 25.1 Å². The minimum Gasteiger partial charge on any atom is -0.478 e. The second-order valence-corrected chi connectivity index (χ2v) is 8.88. The van der Waals surface area contributed by atoms with Crippen LogP contribution in [0.25, 0.3) is 0 Å². The van der Waals surface area contributed by atoms with Crippen molar-refractivity contribution in [3.8, 4) is 0 Å². The van der Waals surface area contributed by atoms with Crippen LogP contribution in [0.1, 0.15) is 60.7 Å². The maximum Gasteiger partial charge on any atom is 0.335 e. The van der Waals surface area contributed by atoms with Crippen molar-refractivity contribution < 1.29 is 24.3 Å². The predicted molar refractivity (Wildman–Crippen MR) is 127 cm³/mol. The Balaban J connectivity index is 2.32. The molecule has 0 aromatic heterocycles. The van der Waals surface area contributed by atoms with Crippen LogP contribution in [0.5, 0.6) is 0 Å². The molecule has 7 nitrogen and oxygen atoms in total. The van der Waals surface area contributed by atoms with E-state index in [2.05, 4.69) is 0 Å². The summed E-state index contributed by atoms with van der Waals surface area (Å²) in [5.74, 6) is -3.09. The molecule has 0 saturated carbocycles. The van der Waals surface area contributed by atoms with Gasteiger partial charge >= 0.3 is 5.97 Å². The van der Waals surface area contributed by atoms with Crippen LogP contribution in [-0.4, -0.2) is 46.2 Å².